The minimum absolute atomic E-state index is 0.145. The maximum atomic E-state index is 12.0. The number of rotatable bonds is 7. The van der Waals surface area contributed by atoms with Crippen LogP contribution in [-0.2, 0) is 21.2 Å². The number of sulfonamides is 1. The Morgan fingerprint density at radius 2 is 1.88 bits per heavy atom. The molecule has 25 heavy (non-hydrogen) atoms. The zero-order valence-electron chi connectivity index (χ0n) is 15.3. The number of fused-ring (bicyclic) bond motifs is 1. The van der Waals surface area contributed by atoms with Gasteiger partial charge in [-0.15, -0.1) is 0 Å². The SMILES string of the molecule is CC(C)(C)NC(=O)CCN(CCc1c[nH]c2ccccc12)S(C)(=O)=O. The van der Waals surface area contributed by atoms with Crippen molar-refractivity contribution in [2.24, 2.45) is 0 Å². The molecular weight excluding hydrogens is 338 g/mol. The van der Waals surface area contributed by atoms with Crippen molar-refractivity contribution in [3.8, 4) is 0 Å². The van der Waals surface area contributed by atoms with Crippen LogP contribution in [0.3, 0.4) is 0 Å². The average molecular weight is 365 g/mol. The quantitative estimate of drug-likeness (QED) is 0.790. The van der Waals surface area contributed by atoms with E-state index in [0.29, 0.717) is 13.0 Å². The lowest BCUT2D eigenvalue weighted by Crippen LogP contribution is -2.42. The van der Waals surface area contributed by atoms with E-state index in [4.69, 9.17) is 0 Å². The number of benzene rings is 1. The Labute approximate surface area is 149 Å². The molecule has 2 N–H and O–H groups in total. The van der Waals surface area contributed by atoms with E-state index in [1.807, 2.05) is 51.2 Å². The molecule has 2 aromatic rings. The molecule has 0 aliphatic heterocycles. The third kappa shape index (κ3) is 5.86. The van der Waals surface area contributed by atoms with Crippen LogP contribution in [0.25, 0.3) is 10.9 Å². The van der Waals surface area contributed by atoms with E-state index in [1.165, 1.54) is 10.6 Å². The number of nitrogens with zero attached hydrogens (tertiary/aromatic N) is 1. The van der Waals surface area contributed by atoms with Gasteiger partial charge in [-0.2, -0.15) is 0 Å². The van der Waals surface area contributed by atoms with Crippen molar-refractivity contribution in [3.63, 3.8) is 0 Å². The maximum Gasteiger partial charge on any atom is 0.221 e. The van der Waals surface area contributed by atoms with Gasteiger partial charge in [-0.1, -0.05) is 18.2 Å². The van der Waals surface area contributed by atoms with Crippen LogP contribution in [0, 0.1) is 0 Å². The molecule has 0 aliphatic carbocycles. The fraction of sp³-hybridized carbons (Fsp3) is 0.500. The number of hydrogen-bond acceptors (Lipinski definition) is 3. The van der Waals surface area contributed by atoms with Crippen LogP contribution in [0.2, 0.25) is 0 Å². The lowest BCUT2D eigenvalue weighted by molar-refractivity contribution is -0.122. The topological polar surface area (TPSA) is 82.3 Å². The van der Waals surface area contributed by atoms with Gasteiger partial charge >= 0.3 is 0 Å². The minimum Gasteiger partial charge on any atom is -0.361 e. The summed E-state index contributed by atoms with van der Waals surface area (Å²) in [6, 6.07) is 7.93. The largest absolute Gasteiger partial charge is 0.361 e. The summed E-state index contributed by atoms with van der Waals surface area (Å²) in [5.74, 6) is -0.145. The number of carbonyl (C=O) groups is 1. The first-order valence-corrected chi connectivity index (χ1v) is 10.2. The zero-order valence-corrected chi connectivity index (χ0v) is 16.1. The van der Waals surface area contributed by atoms with Gasteiger partial charge in [0.05, 0.1) is 6.26 Å². The van der Waals surface area contributed by atoms with Crippen LogP contribution < -0.4 is 5.32 Å². The molecule has 0 radical (unpaired) electrons. The molecule has 1 heterocycles. The van der Waals surface area contributed by atoms with Crippen LogP contribution in [0.15, 0.2) is 30.5 Å². The van der Waals surface area contributed by atoms with E-state index in [2.05, 4.69) is 10.3 Å². The first-order valence-electron chi connectivity index (χ1n) is 8.37. The Balaban J connectivity index is 2.00. The summed E-state index contributed by atoms with van der Waals surface area (Å²) in [6.07, 6.45) is 3.84. The van der Waals surface area contributed by atoms with Gasteiger partial charge in [0.1, 0.15) is 0 Å². The van der Waals surface area contributed by atoms with Gasteiger partial charge in [0.15, 0.2) is 0 Å². The first-order chi connectivity index (χ1) is 11.6. The van der Waals surface area contributed by atoms with E-state index < -0.39 is 10.0 Å². The third-order valence-corrected chi connectivity index (χ3v) is 5.18. The number of carbonyl (C=O) groups excluding carboxylic acids is 1. The second-order valence-electron chi connectivity index (χ2n) is 7.32. The van der Waals surface area contributed by atoms with E-state index in [0.717, 1.165) is 16.5 Å². The van der Waals surface area contributed by atoms with Crippen LogP contribution in [0.4, 0.5) is 0 Å². The van der Waals surface area contributed by atoms with Gasteiger partial charge in [0.2, 0.25) is 15.9 Å². The first kappa shape index (κ1) is 19.5. The summed E-state index contributed by atoms with van der Waals surface area (Å²) in [5, 5.41) is 3.95. The molecule has 1 amide bonds. The zero-order chi connectivity index (χ0) is 18.7. The number of aromatic amines is 1. The fourth-order valence-corrected chi connectivity index (χ4v) is 3.58. The van der Waals surface area contributed by atoms with E-state index in [-0.39, 0.29) is 24.4 Å². The van der Waals surface area contributed by atoms with E-state index in [1.54, 1.807) is 0 Å². The highest BCUT2D eigenvalue weighted by molar-refractivity contribution is 7.88. The van der Waals surface area contributed by atoms with Crippen LogP contribution in [0.1, 0.15) is 32.8 Å². The number of amides is 1. The molecule has 0 saturated carbocycles. The third-order valence-electron chi connectivity index (χ3n) is 3.88. The summed E-state index contributed by atoms with van der Waals surface area (Å²) in [5.41, 5.74) is 1.79. The molecule has 6 nitrogen and oxygen atoms in total. The summed E-state index contributed by atoms with van der Waals surface area (Å²) in [6.45, 7) is 6.23. The predicted octanol–water partition coefficient (Wildman–Crippen LogP) is 2.28. The van der Waals surface area contributed by atoms with Crippen molar-refractivity contribution in [2.75, 3.05) is 19.3 Å². The molecule has 0 fully saturated rings. The van der Waals surface area contributed by atoms with Gasteiger partial charge in [-0.05, 0) is 38.8 Å². The highest BCUT2D eigenvalue weighted by Gasteiger charge is 2.20. The molecule has 7 heteroatoms. The second-order valence-corrected chi connectivity index (χ2v) is 9.30. The van der Waals surface area contributed by atoms with Crippen molar-refractivity contribution < 1.29 is 13.2 Å². The number of aromatic nitrogens is 1. The van der Waals surface area contributed by atoms with Crippen LogP contribution >= 0.6 is 0 Å². The minimum atomic E-state index is -3.37. The highest BCUT2D eigenvalue weighted by atomic mass is 32.2. The Morgan fingerprint density at radius 3 is 2.52 bits per heavy atom. The van der Waals surface area contributed by atoms with Gasteiger partial charge in [0.25, 0.3) is 0 Å². The Morgan fingerprint density at radius 1 is 1.20 bits per heavy atom. The number of nitrogens with one attached hydrogen (secondary N) is 2. The normalized spacial score (nSPS) is 12.7. The Kier molecular flexibility index (Phi) is 5.90. The molecule has 2 rings (SSSR count). The monoisotopic (exact) mass is 365 g/mol. The summed E-state index contributed by atoms with van der Waals surface area (Å²) in [4.78, 5) is 15.2. The number of H-pyrrole nitrogens is 1. The predicted molar refractivity (Wildman–Crippen MR) is 101 cm³/mol. The maximum absolute atomic E-state index is 12.0. The molecule has 0 bridgehead atoms. The van der Waals surface area contributed by atoms with E-state index in [9.17, 15) is 13.2 Å². The highest BCUT2D eigenvalue weighted by Crippen LogP contribution is 2.18. The molecule has 1 aromatic heterocycles. The lowest BCUT2D eigenvalue weighted by atomic mass is 10.1. The van der Waals surface area contributed by atoms with Crippen molar-refractivity contribution in [2.45, 2.75) is 39.2 Å². The second kappa shape index (κ2) is 7.58. The van der Waals surface area contributed by atoms with Gasteiger partial charge in [-0.3, -0.25) is 4.79 Å². The molecule has 0 atom stereocenters. The van der Waals surface area contributed by atoms with Crippen molar-refractivity contribution in [1.29, 1.82) is 0 Å². The van der Waals surface area contributed by atoms with Crippen molar-refractivity contribution in [3.05, 3.63) is 36.0 Å². The van der Waals surface area contributed by atoms with Gasteiger partial charge < -0.3 is 10.3 Å². The molecule has 0 aliphatic rings. The standard InChI is InChI=1S/C18H27N3O3S/c1-18(2,3)20-17(22)10-12-21(25(4,23)24)11-9-14-13-19-16-8-6-5-7-15(14)16/h5-8,13,19H,9-12H2,1-4H3,(H,20,22). The Hall–Kier alpha value is -1.86. The number of hydrogen-bond donors (Lipinski definition) is 2. The fourth-order valence-electron chi connectivity index (χ4n) is 2.73. The van der Waals surface area contributed by atoms with Crippen LogP contribution in [-0.4, -0.2) is 48.5 Å². The molecule has 0 spiro atoms. The summed E-state index contributed by atoms with van der Waals surface area (Å²) < 4.78 is 25.4. The molecular formula is C18H27N3O3S. The molecule has 1 aromatic carbocycles. The molecule has 138 valence electrons. The smallest absolute Gasteiger partial charge is 0.221 e. The van der Waals surface area contributed by atoms with E-state index >= 15 is 0 Å². The summed E-state index contributed by atoms with van der Waals surface area (Å²) in [7, 11) is -3.37. The van der Waals surface area contributed by atoms with Crippen molar-refractivity contribution in [1.82, 2.24) is 14.6 Å². The average Bonchev–Trinajstić information content (AvgIpc) is 2.87. The lowest BCUT2D eigenvalue weighted by Gasteiger charge is -2.23. The number of para-hydroxylation sites is 1. The van der Waals surface area contributed by atoms with Gasteiger partial charge in [-0.25, -0.2) is 12.7 Å². The Bertz CT molecular complexity index is 835. The molecule has 0 saturated heterocycles. The van der Waals surface area contributed by atoms with Crippen LogP contribution in [0.5, 0.6) is 0 Å². The summed E-state index contributed by atoms with van der Waals surface area (Å²) >= 11 is 0. The van der Waals surface area contributed by atoms with Gasteiger partial charge in [0, 0.05) is 42.1 Å². The molecule has 0 unspecified atom stereocenters. The van der Waals surface area contributed by atoms with Crippen molar-refractivity contribution >= 4 is 26.8 Å².